The van der Waals surface area contributed by atoms with E-state index in [1.165, 1.54) is 0 Å². The molecule has 0 aromatic heterocycles. The fraction of sp³-hybridized carbons (Fsp3) is 0.556. The number of carbonyl (C=O) groups excluding carboxylic acids is 2. The van der Waals surface area contributed by atoms with Gasteiger partial charge in [-0.1, -0.05) is 12.1 Å². The third-order valence-electron chi connectivity index (χ3n) is 4.56. The van der Waals surface area contributed by atoms with E-state index in [0.717, 1.165) is 37.2 Å². The molecule has 0 radical (unpaired) electrons. The first-order valence-electron chi connectivity index (χ1n) is 8.45. The average molecular weight is 315 g/mol. The highest BCUT2D eigenvalue weighted by atomic mass is 16.2. The highest BCUT2D eigenvalue weighted by molar-refractivity contribution is 5.94. The molecule has 1 N–H and O–H groups in total. The van der Waals surface area contributed by atoms with E-state index in [4.69, 9.17) is 0 Å². The Hall–Kier alpha value is -1.88. The van der Waals surface area contributed by atoms with E-state index in [9.17, 15) is 9.59 Å². The van der Waals surface area contributed by atoms with E-state index in [2.05, 4.69) is 19.2 Å². The molecule has 0 saturated carbocycles. The maximum Gasteiger partial charge on any atom is 0.253 e. The number of amides is 2. The molecule has 2 heterocycles. The van der Waals surface area contributed by atoms with Crippen molar-refractivity contribution in [1.29, 1.82) is 0 Å². The molecule has 3 rings (SSSR count). The SMILES string of the molecule is CC1CN(C(=O)c2cccc(CN3CCCC3=O)c2)CC(C)N1. The molecule has 1 aromatic carbocycles. The zero-order valence-electron chi connectivity index (χ0n) is 13.9. The van der Waals surface area contributed by atoms with Crippen LogP contribution >= 0.6 is 0 Å². The third kappa shape index (κ3) is 3.72. The molecular formula is C18H25N3O2. The van der Waals surface area contributed by atoms with Crippen molar-refractivity contribution >= 4 is 11.8 Å². The van der Waals surface area contributed by atoms with Crippen LogP contribution in [-0.4, -0.2) is 53.3 Å². The average Bonchev–Trinajstić information content (AvgIpc) is 2.91. The lowest BCUT2D eigenvalue weighted by molar-refractivity contribution is -0.128. The topological polar surface area (TPSA) is 52.7 Å². The first-order chi connectivity index (χ1) is 11.0. The molecule has 0 spiro atoms. The summed E-state index contributed by atoms with van der Waals surface area (Å²) in [7, 11) is 0. The largest absolute Gasteiger partial charge is 0.338 e. The lowest BCUT2D eigenvalue weighted by Crippen LogP contribution is -2.55. The molecule has 23 heavy (non-hydrogen) atoms. The molecule has 5 heteroatoms. The predicted molar refractivity (Wildman–Crippen MR) is 89.1 cm³/mol. The van der Waals surface area contributed by atoms with Gasteiger partial charge in [0.2, 0.25) is 5.91 Å². The molecule has 0 bridgehead atoms. The number of hydrogen-bond donors (Lipinski definition) is 1. The van der Waals surface area contributed by atoms with Crippen molar-refractivity contribution in [1.82, 2.24) is 15.1 Å². The van der Waals surface area contributed by atoms with Gasteiger partial charge in [0.05, 0.1) is 0 Å². The quantitative estimate of drug-likeness (QED) is 0.922. The Kier molecular flexibility index (Phi) is 4.66. The second-order valence-corrected chi connectivity index (χ2v) is 6.80. The lowest BCUT2D eigenvalue weighted by atomic mass is 10.1. The summed E-state index contributed by atoms with van der Waals surface area (Å²) in [6, 6.07) is 8.34. The fourth-order valence-corrected chi connectivity index (χ4v) is 3.57. The van der Waals surface area contributed by atoms with Gasteiger partial charge in [0.1, 0.15) is 0 Å². The second-order valence-electron chi connectivity index (χ2n) is 6.80. The summed E-state index contributed by atoms with van der Waals surface area (Å²) in [5, 5.41) is 3.44. The van der Waals surface area contributed by atoms with Crippen molar-refractivity contribution in [3.63, 3.8) is 0 Å². The first-order valence-corrected chi connectivity index (χ1v) is 8.45. The van der Waals surface area contributed by atoms with Gasteiger partial charge in [-0.15, -0.1) is 0 Å². The number of hydrogen-bond acceptors (Lipinski definition) is 3. The summed E-state index contributed by atoms with van der Waals surface area (Å²) < 4.78 is 0. The van der Waals surface area contributed by atoms with E-state index in [1.807, 2.05) is 34.1 Å². The molecule has 2 fully saturated rings. The number of benzene rings is 1. The third-order valence-corrected chi connectivity index (χ3v) is 4.56. The second kappa shape index (κ2) is 6.71. The predicted octanol–water partition coefficient (Wildman–Crippen LogP) is 1.63. The van der Waals surface area contributed by atoms with Gasteiger partial charge in [-0.3, -0.25) is 9.59 Å². The van der Waals surface area contributed by atoms with Crippen LogP contribution in [0.2, 0.25) is 0 Å². The van der Waals surface area contributed by atoms with E-state index in [0.29, 0.717) is 25.0 Å². The molecule has 0 aliphatic carbocycles. The van der Waals surface area contributed by atoms with Crippen molar-refractivity contribution < 1.29 is 9.59 Å². The summed E-state index contributed by atoms with van der Waals surface area (Å²) in [6.07, 6.45) is 1.59. The van der Waals surface area contributed by atoms with Crippen LogP contribution in [-0.2, 0) is 11.3 Å². The molecule has 124 valence electrons. The van der Waals surface area contributed by atoms with Crippen LogP contribution < -0.4 is 5.32 Å². The standard InChI is InChI=1S/C18H25N3O2/c1-13-10-21(11-14(2)19-13)18(23)16-6-3-5-15(9-16)12-20-8-4-7-17(20)22/h3,5-6,9,13-14,19H,4,7-8,10-12H2,1-2H3. The van der Waals surface area contributed by atoms with Gasteiger partial charge in [0, 0.05) is 50.2 Å². The van der Waals surface area contributed by atoms with Crippen LogP contribution in [0.15, 0.2) is 24.3 Å². The van der Waals surface area contributed by atoms with Crippen LogP contribution in [0.3, 0.4) is 0 Å². The van der Waals surface area contributed by atoms with E-state index < -0.39 is 0 Å². The molecule has 2 unspecified atom stereocenters. The molecule has 2 aliphatic heterocycles. The van der Waals surface area contributed by atoms with Crippen molar-refractivity contribution in [3.05, 3.63) is 35.4 Å². The van der Waals surface area contributed by atoms with Crippen LogP contribution in [0.25, 0.3) is 0 Å². The number of nitrogens with zero attached hydrogens (tertiary/aromatic N) is 2. The van der Waals surface area contributed by atoms with Crippen LogP contribution in [0.4, 0.5) is 0 Å². The highest BCUT2D eigenvalue weighted by Crippen LogP contribution is 2.17. The molecular weight excluding hydrogens is 290 g/mol. The van der Waals surface area contributed by atoms with Gasteiger partial charge in [0.25, 0.3) is 5.91 Å². The van der Waals surface area contributed by atoms with E-state index >= 15 is 0 Å². The van der Waals surface area contributed by atoms with Gasteiger partial charge in [-0.2, -0.15) is 0 Å². The Balaban J connectivity index is 1.71. The minimum atomic E-state index is 0.0831. The molecule has 2 saturated heterocycles. The smallest absolute Gasteiger partial charge is 0.253 e. The monoisotopic (exact) mass is 315 g/mol. The van der Waals surface area contributed by atoms with Gasteiger partial charge in [-0.25, -0.2) is 0 Å². The summed E-state index contributed by atoms with van der Waals surface area (Å²) in [5.41, 5.74) is 1.75. The summed E-state index contributed by atoms with van der Waals surface area (Å²) >= 11 is 0. The van der Waals surface area contributed by atoms with Crippen LogP contribution in [0.1, 0.15) is 42.6 Å². The highest BCUT2D eigenvalue weighted by Gasteiger charge is 2.26. The molecule has 2 aliphatic rings. The normalized spacial score (nSPS) is 25.0. The number of likely N-dealkylation sites (tertiary alicyclic amines) is 1. The number of piperazine rings is 1. The van der Waals surface area contributed by atoms with Gasteiger partial charge >= 0.3 is 0 Å². The van der Waals surface area contributed by atoms with Crippen LogP contribution in [0, 0.1) is 0 Å². The Bertz CT molecular complexity index is 592. The van der Waals surface area contributed by atoms with Crippen molar-refractivity contribution in [2.45, 2.75) is 45.3 Å². The lowest BCUT2D eigenvalue weighted by Gasteiger charge is -2.36. The summed E-state index contributed by atoms with van der Waals surface area (Å²) in [6.45, 7) is 7.10. The van der Waals surface area contributed by atoms with Gasteiger partial charge in [-0.05, 0) is 38.0 Å². The first kappa shape index (κ1) is 16.0. The van der Waals surface area contributed by atoms with Crippen molar-refractivity contribution in [3.8, 4) is 0 Å². The summed E-state index contributed by atoms with van der Waals surface area (Å²) in [4.78, 5) is 28.3. The van der Waals surface area contributed by atoms with E-state index in [-0.39, 0.29) is 11.8 Å². The molecule has 5 nitrogen and oxygen atoms in total. The fourth-order valence-electron chi connectivity index (χ4n) is 3.57. The Morgan fingerprint density at radius 3 is 2.65 bits per heavy atom. The maximum atomic E-state index is 12.8. The van der Waals surface area contributed by atoms with Crippen molar-refractivity contribution in [2.75, 3.05) is 19.6 Å². The zero-order chi connectivity index (χ0) is 16.4. The number of nitrogens with one attached hydrogen (secondary N) is 1. The molecule has 2 atom stereocenters. The number of rotatable bonds is 3. The Morgan fingerprint density at radius 2 is 2.00 bits per heavy atom. The van der Waals surface area contributed by atoms with E-state index in [1.54, 1.807) is 0 Å². The number of carbonyl (C=O) groups is 2. The zero-order valence-corrected chi connectivity index (χ0v) is 13.9. The van der Waals surface area contributed by atoms with Crippen LogP contribution in [0.5, 0.6) is 0 Å². The summed E-state index contributed by atoms with van der Waals surface area (Å²) in [5.74, 6) is 0.297. The Labute approximate surface area is 137 Å². The van der Waals surface area contributed by atoms with Gasteiger partial charge in [0.15, 0.2) is 0 Å². The minimum absolute atomic E-state index is 0.0831. The molecule has 2 amide bonds. The van der Waals surface area contributed by atoms with Crippen molar-refractivity contribution in [2.24, 2.45) is 0 Å². The minimum Gasteiger partial charge on any atom is -0.338 e. The van der Waals surface area contributed by atoms with Gasteiger partial charge < -0.3 is 15.1 Å². The molecule has 1 aromatic rings. The maximum absolute atomic E-state index is 12.8. The Morgan fingerprint density at radius 1 is 1.26 bits per heavy atom.